The van der Waals surface area contributed by atoms with Crippen LogP contribution >= 0.6 is 11.6 Å². The van der Waals surface area contributed by atoms with Crippen molar-refractivity contribution in [2.45, 2.75) is 11.1 Å². The third-order valence-electron chi connectivity index (χ3n) is 3.14. The minimum Gasteiger partial charge on any atom is -0.407 e. The molecule has 2 aromatic heterocycles. The number of hydrogen-bond donors (Lipinski definition) is 1. The summed E-state index contributed by atoms with van der Waals surface area (Å²) in [5.41, 5.74) is -1.01. The molecule has 0 saturated carbocycles. The summed E-state index contributed by atoms with van der Waals surface area (Å²) in [5, 5.41) is -0.409. The number of thiol groups is 1. The van der Waals surface area contributed by atoms with Crippen LogP contribution in [-0.4, -0.2) is 18.0 Å². The van der Waals surface area contributed by atoms with Gasteiger partial charge in [0, 0.05) is 12.3 Å². The van der Waals surface area contributed by atoms with Gasteiger partial charge in [-0.15, -0.1) is 0 Å². The van der Waals surface area contributed by atoms with Crippen LogP contribution in [-0.2, 0) is 16.9 Å². The maximum absolute atomic E-state index is 12.7. The maximum atomic E-state index is 12.7. The van der Waals surface area contributed by atoms with Gasteiger partial charge in [0.1, 0.15) is 0 Å². The van der Waals surface area contributed by atoms with Crippen molar-refractivity contribution in [1.82, 2.24) is 9.55 Å². The quantitative estimate of drug-likeness (QED) is 0.693. The fraction of sp³-hybridized carbons (Fsp3) is 0.0769. The van der Waals surface area contributed by atoms with Crippen molar-refractivity contribution in [1.29, 1.82) is 0 Å². The Morgan fingerprint density at radius 1 is 1.21 bits per heavy atom. The van der Waals surface area contributed by atoms with E-state index in [-0.39, 0.29) is 21.8 Å². The van der Waals surface area contributed by atoms with Crippen LogP contribution in [0.25, 0.3) is 16.9 Å². The SMILES string of the molecule is O=c1oc2cc([SH](=O)=O)ccc2n1-c1ncc(C(F)(F)F)cc1Cl. The molecule has 0 unspecified atom stereocenters. The predicted molar refractivity (Wildman–Crippen MR) is 78.2 cm³/mol. The first kappa shape index (κ1) is 16.5. The lowest BCUT2D eigenvalue weighted by molar-refractivity contribution is -0.137. The lowest BCUT2D eigenvalue weighted by Gasteiger charge is -2.09. The van der Waals surface area contributed by atoms with E-state index in [4.69, 9.17) is 16.0 Å². The number of rotatable bonds is 2. The molecule has 0 atom stereocenters. The van der Waals surface area contributed by atoms with Gasteiger partial charge in [0.05, 0.1) is 21.0 Å². The molecule has 0 aliphatic rings. The Bertz CT molecular complexity index is 1080. The zero-order chi connectivity index (χ0) is 17.6. The summed E-state index contributed by atoms with van der Waals surface area (Å²) in [7, 11) is -2.89. The molecule has 0 aliphatic carbocycles. The smallest absolute Gasteiger partial charge is 0.407 e. The van der Waals surface area contributed by atoms with Gasteiger partial charge in [0.2, 0.25) is 0 Å². The summed E-state index contributed by atoms with van der Waals surface area (Å²) in [6.45, 7) is 0. The average Bonchev–Trinajstić information content (AvgIpc) is 2.81. The number of nitrogens with zero attached hydrogens (tertiary/aromatic N) is 2. The molecule has 0 amide bonds. The van der Waals surface area contributed by atoms with Gasteiger partial charge in [-0.3, -0.25) is 0 Å². The van der Waals surface area contributed by atoms with Crippen LogP contribution in [0.3, 0.4) is 0 Å². The first-order valence-electron chi connectivity index (χ1n) is 6.21. The number of oxazole rings is 1. The van der Waals surface area contributed by atoms with Crippen molar-refractivity contribution in [2.75, 3.05) is 0 Å². The number of fused-ring (bicyclic) bond motifs is 1. The van der Waals surface area contributed by atoms with E-state index in [9.17, 15) is 26.4 Å². The van der Waals surface area contributed by atoms with E-state index < -0.39 is 33.2 Å². The largest absolute Gasteiger partial charge is 0.425 e. The normalized spacial score (nSPS) is 12.2. The van der Waals surface area contributed by atoms with E-state index in [0.717, 1.165) is 10.6 Å². The van der Waals surface area contributed by atoms with Gasteiger partial charge >= 0.3 is 11.9 Å². The number of hydrogen-bond acceptors (Lipinski definition) is 5. The van der Waals surface area contributed by atoms with Crippen LogP contribution < -0.4 is 5.76 Å². The monoisotopic (exact) mass is 378 g/mol. The van der Waals surface area contributed by atoms with E-state index in [2.05, 4.69) is 4.98 Å². The standard InChI is InChI=1S/C13H6ClF3N2O4S/c14-8-3-6(13(15,16)17)5-18-11(8)19-9-2-1-7(24(21)22)4-10(9)23-12(19)20/h1-5,24H. The zero-order valence-electron chi connectivity index (χ0n) is 11.4. The summed E-state index contributed by atoms with van der Waals surface area (Å²) >= 11 is 5.82. The Labute approximate surface area is 138 Å². The summed E-state index contributed by atoms with van der Waals surface area (Å²) in [5.74, 6) is -1.22. The van der Waals surface area contributed by atoms with Gasteiger partial charge in [-0.1, -0.05) is 11.6 Å². The Morgan fingerprint density at radius 3 is 2.50 bits per heavy atom. The molecule has 126 valence electrons. The van der Waals surface area contributed by atoms with Crippen molar-refractivity contribution in [3.05, 3.63) is 51.6 Å². The minimum absolute atomic E-state index is 0.0607. The highest BCUT2D eigenvalue weighted by atomic mass is 35.5. The minimum atomic E-state index is -4.63. The molecule has 6 nitrogen and oxygen atoms in total. The van der Waals surface area contributed by atoms with Gasteiger partial charge in [-0.2, -0.15) is 13.2 Å². The number of benzene rings is 1. The summed E-state index contributed by atoms with van der Waals surface area (Å²) in [4.78, 5) is 15.5. The van der Waals surface area contributed by atoms with Crippen LogP contribution in [0.1, 0.15) is 5.56 Å². The van der Waals surface area contributed by atoms with Gasteiger partial charge in [0.15, 0.2) is 22.1 Å². The average molecular weight is 379 g/mol. The molecule has 24 heavy (non-hydrogen) atoms. The number of aromatic nitrogens is 2. The molecule has 3 aromatic rings. The van der Waals surface area contributed by atoms with E-state index in [1.54, 1.807) is 0 Å². The highest BCUT2D eigenvalue weighted by Gasteiger charge is 2.32. The first-order valence-corrected chi connectivity index (χ1v) is 7.77. The van der Waals surface area contributed by atoms with Crippen LogP contribution in [0.4, 0.5) is 13.2 Å². The van der Waals surface area contributed by atoms with Crippen LogP contribution in [0, 0.1) is 0 Å². The summed E-state index contributed by atoms with van der Waals surface area (Å²) in [6.07, 6.45) is -4.09. The lowest BCUT2D eigenvalue weighted by atomic mass is 10.2. The zero-order valence-corrected chi connectivity index (χ0v) is 13.0. The fourth-order valence-electron chi connectivity index (χ4n) is 2.07. The second kappa shape index (κ2) is 5.64. The molecule has 1 aromatic carbocycles. The second-order valence-corrected chi connectivity index (χ2v) is 6.08. The van der Waals surface area contributed by atoms with E-state index >= 15 is 0 Å². The Kier molecular flexibility index (Phi) is 3.88. The molecular formula is C13H6ClF3N2O4S. The topological polar surface area (TPSA) is 82.2 Å². The van der Waals surface area contributed by atoms with Crippen LogP contribution in [0.15, 0.2) is 44.6 Å². The molecule has 3 rings (SSSR count). The Balaban J connectivity index is 2.23. The molecule has 0 saturated heterocycles. The first-order chi connectivity index (χ1) is 11.2. The molecule has 0 radical (unpaired) electrons. The number of pyridine rings is 1. The van der Waals surface area contributed by atoms with Crippen molar-refractivity contribution in [2.24, 2.45) is 0 Å². The van der Waals surface area contributed by atoms with E-state index in [1.807, 2.05) is 0 Å². The molecule has 0 fully saturated rings. The Hall–Kier alpha value is -2.33. The van der Waals surface area contributed by atoms with Gasteiger partial charge in [-0.25, -0.2) is 22.8 Å². The van der Waals surface area contributed by atoms with Crippen molar-refractivity contribution >= 4 is 33.4 Å². The van der Waals surface area contributed by atoms with E-state index in [1.165, 1.54) is 12.1 Å². The van der Waals surface area contributed by atoms with Crippen molar-refractivity contribution in [3.8, 4) is 5.82 Å². The summed E-state index contributed by atoms with van der Waals surface area (Å²) in [6, 6.07) is 4.25. The Morgan fingerprint density at radius 2 is 1.92 bits per heavy atom. The van der Waals surface area contributed by atoms with Gasteiger partial charge < -0.3 is 4.42 Å². The summed E-state index contributed by atoms with van der Waals surface area (Å²) < 4.78 is 65.7. The molecule has 0 bridgehead atoms. The molecule has 0 aliphatic heterocycles. The third-order valence-corrected chi connectivity index (χ3v) is 4.11. The number of halogens is 4. The van der Waals surface area contributed by atoms with E-state index in [0.29, 0.717) is 12.3 Å². The van der Waals surface area contributed by atoms with Crippen molar-refractivity contribution in [3.63, 3.8) is 0 Å². The molecule has 0 spiro atoms. The highest BCUT2D eigenvalue weighted by molar-refractivity contribution is 7.72. The van der Waals surface area contributed by atoms with Gasteiger partial charge in [-0.05, 0) is 18.2 Å². The van der Waals surface area contributed by atoms with Crippen molar-refractivity contribution < 1.29 is 26.0 Å². The number of alkyl halides is 3. The third kappa shape index (κ3) is 2.78. The fourth-order valence-corrected chi connectivity index (χ4v) is 2.74. The molecule has 11 heteroatoms. The second-order valence-electron chi connectivity index (χ2n) is 4.64. The molecule has 0 N–H and O–H groups in total. The lowest BCUT2D eigenvalue weighted by Crippen LogP contribution is -2.15. The highest BCUT2D eigenvalue weighted by Crippen LogP contribution is 2.32. The molecular weight excluding hydrogens is 373 g/mol. The van der Waals surface area contributed by atoms with Gasteiger partial charge in [0.25, 0.3) is 0 Å². The molecule has 2 heterocycles. The predicted octanol–water partition coefficient (Wildman–Crippen LogP) is 2.62. The van der Waals surface area contributed by atoms with Crippen LogP contribution in [0.2, 0.25) is 5.02 Å². The van der Waals surface area contributed by atoms with Crippen LogP contribution in [0.5, 0.6) is 0 Å². The maximum Gasteiger partial charge on any atom is 0.425 e.